The molecule has 0 aromatic carbocycles. The molecule has 6 nitrogen and oxygen atoms in total. The second-order valence-electron chi connectivity index (χ2n) is 3.94. The molecule has 1 saturated heterocycles. The van der Waals surface area contributed by atoms with Crippen molar-refractivity contribution in [3.05, 3.63) is 5.01 Å². The summed E-state index contributed by atoms with van der Waals surface area (Å²) in [5.41, 5.74) is 0. The molecule has 1 atom stereocenters. The van der Waals surface area contributed by atoms with Crippen LogP contribution in [0.15, 0.2) is 0 Å². The summed E-state index contributed by atoms with van der Waals surface area (Å²) >= 11 is 0.324. The summed E-state index contributed by atoms with van der Waals surface area (Å²) in [6.45, 7) is 0. The Kier molecular flexibility index (Phi) is 3.43. The maximum absolute atomic E-state index is 12.3. The number of hydrogen-bond donors (Lipinski definition) is 1. The molecule has 1 fully saturated rings. The molecule has 2 rings (SSSR count). The lowest BCUT2D eigenvalue weighted by Gasteiger charge is -2.27. The third-order valence-electron chi connectivity index (χ3n) is 2.61. The van der Waals surface area contributed by atoms with E-state index < -0.39 is 23.1 Å². The molecule has 0 radical (unpaired) electrons. The van der Waals surface area contributed by atoms with E-state index in [-0.39, 0.29) is 23.9 Å². The Hall–Kier alpha value is -1.71. The van der Waals surface area contributed by atoms with Crippen LogP contribution in [0.3, 0.4) is 0 Å². The highest BCUT2D eigenvalue weighted by molar-refractivity contribution is 7.15. The Morgan fingerprint density at radius 2 is 2.05 bits per heavy atom. The summed E-state index contributed by atoms with van der Waals surface area (Å²) in [4.78, 5) is 23.9. The van der Waals surface area contributed by atoms with Gasteiger partial charge in [-0.15, -0.1) is 10.2 Å². The van der Waals surface area contributed by atoms with Crippen molar-refractivity contribution in [1.29, 1.82) is 0 Å². The van der Waals surface area contributed by atoms with Crippen LogP contribution >= 0.6 is 11.3 Å². The van der Waals surface area contributed by atoms with E-state index in [4.69, 9.17) is 0 Å². The van der Waals surface area contributed by atoms with Crippen molar-refractivity contribution in [3.8, 4) is 0 Å². The van der Waals surface area contributed by atoms with Gasteiger partial charge in [-0.3, -0.25) is 14.5 Å². The van der Waals surface area contributed by atoms with Crippen LogP contribution in [0.5, 0.6) is 0 Å². The number of likely N-dealkylation sites (N-methyl/N-ethyl adjacent to an activating group) is 1. The molecule has 1 unspecified atom stereocenters. The van der Waals surface area contributed by atoms with Crippen LogP contribution in [0.1, 0.15) is 17.8 Å². The van der Waals surface area contributed by atoms with E-state index in [1.54, 1.807) is 0 Å². The molecule has 19 heavy (non-hydrogen) atoms. The van der Waals surface area contributed by atoms with Crippen molar-refractivity contribution in [2.45, 2.75) is 25.1 Å². The highest BCUT2D eigenvalue weighted by atomic mass is 32.1. The zero-order valence-corrected chi connectivity index (χ0v) is 10.5. The van der Waals surface area contributed by atoms with Crippen LogP contribution in [0, 0.1) is 0 Å². The third-order valence-corrected chi connectivity index (χ3v) is 3.51. The molecule has 0 aliphatic carbocycles. The standard InChI is InChI=1S/C9H9F3N4O2S/c1-16-5(17)3-2-4(6(16)18)13-8-15-14-7(19-8)9(10,11)12/h4H,2-3H2,1H3,(H,13,15). The number of halogens is 3. The highest BCUT2D eigenvalue weighted by Crippen LogP contribution is 2.33. The smallest absolute Gasteiger partial charge is 0.348 e. The molecule has 2 heterocycles. The number of carbonyl (C=O) groups is 2. The molecule has 1 aliphatic rings. The van der Waals surface area contributed by atoms with Gasteiger partial charge in [0, 0.05) is 13.5 Å². The van der Waals surface area contributed by atoms with Crippen LogP contribution in [-0.2, 0) is 15.8 Å². The third kappa shape index (κ3) is 2.83. The molecule has 10 heteroatoms. The highest BCUT2D eigenvalue weighted by Gasteiger charge is 2.37. The fraction of sp³-hybridized carbons (Fsp3) is 0.556. The first-order valence-electron chi connectivity index (χ1n) is 5.26. The predicted octanol–water partition coefficient (Wildman–Crippen LogP) is 1.12. The number of amides is 2. The zero-order valence-electron chi connectivity index (χ0n) is 9.69. The van der Waals surface area contributed by atoms with Crippen molar-refractivity contribution in [3.63, 3.8) is 0 Å². The average molecular weight is 294 g/mol. The minimum absolute atomic E-state index is 0.0894. The van der Waals surface area contributed by atoms with Gasteiger partial charge in [0.05, 0.1) is 0 Å². The molecule has 1 aromatic rings. The number of anilines is 1. The van der Waals surface area contributed by atoms with Crippen molar-refractivity contribution >= 4 is 28.3 Å². The average Bonchev–Trinajstić information content (AvgIpc) is 2.78. The van der Waals surface area contributed by atoms with E-state index in [2.05, 4.69) is 15.5 Å². The van der Waals surface area contributed by atoms with Gasteiger partial charge in [-0.2, -0.15) is 13.2 Å². The number of nitrogens with one attached hydrogen (secondary N) is 1. The summed E-state index contributed by atoms with van der Waals surface area (Å²) in [7, 11) is 1.33. The largest absolute Gasteiger partial charge is 0.445 e. The lowest BCUT2D eigenvalue weighted by atomic mass is 10.1. The molecule has 0 spiro atoms. The zero-order chi connectivity index (χ0) is 14.2. The van der Waals surface area contributed by atoms with Crippen molar-refractivity contribution in [1.82, 2.24) is 15.1 Å². The Bertz CT molecular complexity index is 516. The van der Waals surface area contributed by atoms with E-state index >= 15 is 0 Å². The SMILES string of the molecule is CN1C(=O)CCC(Nc2nnc(C(F)(F)F)s2)C1=O. The van der Waals surface area contributed by atoms with Crippen LogP contribution in [0.2, 0.25) is 0 Å². The summed E-state index contributed by atoms with van der Waals surface area (Å²) in [6, 6.07) is -0.753. The summed E-state index contributed by atoms with van der Waals surface area (Å²) < 4.78 is 37.0. The topological polar surface area (TPSA) is 75.2 Å². The van der Waals surface area contributed by atoms with E-state index in [1.807, 2.05) is 0 Å². The van der Waals surface area contributed by atoms with Gasteiger partial charge in [-0.05, 0) is 6.42 Å². The van der Waals surface area contributed by atoms with E-state index in [0.717, 1.165) is 4.90 Å². The minimum atomic E-state index is -4.55. The number of aromatic nitrogens is 2. The number of hydrogen-bond acceptors (Lipinski definition) is 6. The second-order valence-corrected chi connectivity index (χ2v) is 4.91. The number of rotatable bonds is 2. The molecular weight excluding hydrogens is 285 g/mol. The number of carbonyl (C=O) groups excluding carboxylic acids is 2. The van der Waals surface area contributed by atoms with Gasteiger partial charge < -0.3 is 5.32 Å². The minimum Gasteiger partial charge on any atom is -0.348 e. The number of imide groups is 1. The van der Waals surface area contributed by atoms with E-state index in [1.165, 1.54) is 7.05 Å². The van der Waals surface area contributed by atoms with Gasteiger partial charge in [0.15, 0.2) is 0 Å². The monoisotopic (exact) mass is 294 g/mol. The summed E-state index contributed by atoms with van der Waals surface area (Å²) in [5.74, 6) is -0.795. The van der Waals surface area contributed by atoms with Crippen molar-refractivity contribution < 1.29 is 22.8 Å². The van der Waals surface area contributed by atoms with Crippen LogP contribution in [0.25, 0.3) is 0 Å². The van der Waals surface area contributed by atoms with E-state index in [9.17, 15) is 22.8 Å². The first-order valence-corrected chi connectivity index (χ1v) is 6.08. The number of alkyl halides is 3. The Labute approximate surface area is 109 Å². The number of nitrogens with zero attached hydrogens (tertiary/aromatic N) is 3. The van der Waals surface area contributed by atoms with Gasteiger partial charge in [0.25, 0.3) is 5.91 Å². The van der Waals surface area contributed by atoms with Crippen LogP contribution in [0.4, 0.5) is 18.3 Å². The molecule has 104 valence electrons. The Morgan fingerprint density at radius 1 is 1.37 bits per heavy atom. The van der Waals surface area contributed by atoms with Crippen molar-refractivity contribution in [2.24, 2.45) is 0 Å². The van der Waals surface area contributed by atoms with Crippen LogP contribution in [-0.4, -0.2) is 40.0 Å². The van der Waals surface area contributed by atoms with E-state index in [0.29, 0.717) is 11.3 Å². The molecule has 1 N–H and O–H groups in total. The lowest BCUT2D eigenvalue weighted by molar-refractivity contribution is -0.146. The van der Waals surface area contributed by atoms with Gasteiger partial charge >= 0.3 is 6.18 Å². The molecule has 0 bridgehead atoms. The normalized spacial score (nSPS) is 20.8. The van der Waals surface area contributed by atoms with Gasteiger partial charge in [-0.25, -0.2) is 0 Å². The van der Waals surface area contributed by atoms with Crippen molar-refractivity contribution in [2.75, 3.05) is 12.4 Å². The fourth-order valence-electron chi connectivity index (χ4n) is 1.59. The second kappa shape index (κ2) is 4.76. The Morgan fingerprint density at radius 3 is 2.63 bits per heavy atom. The predicted molar refractivity (Wildman–Crippen MR) is 59.3 cm³/mol. The summed E-state index contributed by atoms with van der Waals surface area (Å²) in [5, 5.41) is 7.74. The fourth-order valence-corrected chi connectivity index (χ4v) is 2.26. The molecule has 1 aliphatic heterocycles. The first-order chi connectivity index (χ1) is 8.79. The van der Waals surface area contributed by atoms with Gasteiger partial charge in [-0.1, -0.05) is 11.3 Å². The van der Waals surface area contributed by atoms with Crippen LogP contribution < -0.4 is 5.32 Å². The molecule has 0 saturated carbocycles. The Balaban J connectivity index is 2.07. The quantitative estimate of drug-likeness (QED) is 0.827. The maximum Gasteiger partial charge on any atom is 0.445 e. The number of likely N-dealkylation sites (tertiary alicyclic amines) is 1. The summed E-state index contributed by atoms with van der Waals surface area (Å²) in [6.07, 6.45) is -4.17. The number of piperidine rings is 1. The molecule has 1 aromatic heterocycles. The lowest BCUT2D eigenvalue weighted by Crippen LogP contribution is -2.48. The molecule has 2 amide bonds. The first kappa shape index (κ1) is 13.7. The van der Waals surface area contributed by atoms with Gasteiger partial charge in [0.1, 0.15) is 6.04 Å². The van der Waals surface area contributed by atoms with Gasteiger partial charge in [0.2, 0.25) is 16.0 Å². The molecular formula is C9H9F3N4O2S. The maximum atomic E-state index is 12.3.